The minimum absolute atomic E-state index is 0.0239. The molecule has 0 aromatic carbocycles. The average molecular weight is 378 g/mol. The average Bonchev–Trinajstić information content (AvgIpc) is 3.32. The number of hydrogen-bond acceptors (Lipinski definition) is 4. The Labute approximate surface area is 160 Å². The molecule has 0 aromatic heterocycles. The summed E-state index contributed by atoms with van der Waals surface area (Å²) in [5, 5.41) is 5.57. The lowest BCUT2D eigenvalue weighted by Crippen LogP contribution is -2.55. The summed E-state index contributed by atoms with van der Waals surface area (Å²) in [6, 6.07) is -1.63. The van der Waals surface area contributed by atoms with Gasteiger partial charge in [0.2, 0.25) is 23.6 Å². The van der Waals surface area contributed by atoms with Gasteiger partial charge in [-0.05, 0) is 45.4 Å². The van der Waals surface area contributed by atoms with Crippen molar-refractivity contribution in [1.29, 1.82) is 0 Å². The first-order valence-electron chi connectivity index (χ1n) is 10.2. The zero-order chi connectivity index (χ0) is 19.4. The van der Waals surface area contributed by atoms with E-state index < -0.39 is 18.1 Å². The minimum atomic E-state index is -0.632. The Morgan fingerprint density at radius 3 is 2.30 bits per heavy atom. The number of hydrogen-bond donors (Lipinski definition) is 2. The third-order valence-electron chi connectivity index (χ3n) is 5.82. The SMILES string of the molecule is C[C@@H]1NC(=O)[C@@H]2CCCN2C(=O)[C@H]2CCCN2C(=O)CCCCCNC1=O. The molecular weight excluding hydrogens is 348 g/mol. The number of rotatable bonds is 0. The second-order valence-corrected chi connectivity index (χ2v) is 7.77. The van der Waals surface area contributed by atoms with Gasteiger partial charge in [-0.15, -0.1) is 0 Å². The van der Waals surface area contributed by atoms with Crippen LogP contribution >= 0.6 is 0 Å². The zero-order valence-corrected chi connectivity index (χ0v) is 16.0. The van der Waals surface area contributed by atoms with E-state index in [2.05, 4.69) is 10.6 Å². The molecule has 3 saturated heterocycles. The van der Waals surface area contributed by atoms with E-state index in [-0.39, 0.29) is 23.6 Å². The highest BCUT2D eigenvalue weighted by atomic mass is 16.2. The van der Waals surface area contributed by atoms with E-state index in [0.717, 1.165) is 32.1 Å². The molecule has 8 heteroatoms. The van der Waals surface area contributed by atoms with Crippen LogP contribution in [0.15, 0.2) is 0 Å². The predicted octanol–water partition coefficient (Wildman–Crippen LogP) is 0.163. The molecule has 0 unspecified atom stereocenters. The van der Waals surface area contributed by atoms with Gasteiger partial charge < -0.3 is 20.4 Å². The van der Waals surface area contributed by atoms with Gasteiger partial charge >= 0.3 is 0 Å². The molecule has 0 aliphatic carbocycles. The van der Waals surface area contributed by atoms with E-state index in [1.54, 1.807) is 16.7 Å². The molecule has 0 bridgehead atoms. The second kappa shape index (κ2) is 8.71. The van der Waals surface area contributed by atoms with Crippen molar-refractivity contribution in [1.82, 2.24) is 20.4 Å². The maximum Gasteiger partial charge on any atom is 0.246 e. The second-order valence-electron chi connectivity index (χ2n) is 7.77. The lowest BCUT2D eigenvalue weighted by atomic mass is 10.1. The lowest BCUT2D eigenvalue weighted by molar-refractivity contribution is -0.147. The van der Waals surface area contributed by atoms with Gasteiger partial charge in [-0.25, -0.2) is 0 Å². The lowest BCUT2D eigenvalue weighted by Gasteiger charge is -2.31. The third kappa shape index (κ3) is 4.42. The Kier molecular flexibility index (Phi) is 6.34. The van der Waals surface area contributed by atoms with E-state index in [4.69, 9.17) is 0 Å². The molecule has 0 radical (unpaired) electrons. The predicted molar refractivity (Wildman–Crippen MR) is 98.6 cm³/mol. The van der Waals surface area contributed by atoms with Crippen LogP contribution in [0.3, 0.4) is 0 Å². The Bertz CT molecular complexity index is 609. The van der Waals surface area contributed by atoms with E-state index in [1.165, 1.54) is 0 Å². The smallest absolute Gasteiger partial charge is 0.246 e. The van der Waals surface area contributed by atoms with Crippen molar-refractivity contribution < 1.29 is 19.2 Å². The van der Waals surface area contributed by atoms with Crippen LogP contribution in [-0.2, 0) is 19.2 Å². The number of carbonyl (C=O) groups is 4. The van der Waals surface area contributed by atoms with Gasteiger partial charge in [0.05, 0.1) is 0 Å². The highest BCUT2D eigenvalue weighted by Gasteiger charge is 2.42. The zero-order valence-electron chi connectivity index (χ0n) is 16.0. The van der Waals surface area contributed by atoms with Crippen LogP contribution < -0.4 is 10.6 Å². The van der Waals surface area contributed by atoms with Gasteiger partial charge in [-0.1, -0.05) is 6.42 Å². The van der Waals surface area contributed by atoms with Gasteiger partial charge in [-0.2, -0.15) is 0 Å². The van der Waals surface area contributed by atoms with Crippen LogP contribution in [0, 0.1) is 0 Å². The standard InChI is InChI=1S/C19H30N4O4/c1-13-17(25)20-10-4-2-3-9-16(24)22-11-6-8-15(22)19(27)23-12-5-7-14(23)18(26)21-13/h13-15H,2-12H2,1H3,(H,20,25)(H,21,26)/t13-,14-,15+/m0/s1. The van der Waals surface area contributed by atoms with Gasteiger partial charge in [0, 0.05) is 26.1 Å². The van der Waals surface area contributed by atoms with E-state index in [1.807, 2.05) is 0 Å². The van der Waals surface area contributed by atoms with Crippen molar-refractivity contribution in [3.8, 4) is 0 Å². The number of carbonyl (C=O) groups excluding carboxylic acids is 4. The van der Waals surface area contributed by atoms with Gasteiger partial charge in [0.15, 0.2) is 0 Å². The van der Waals surface area contributed by atoms with Crippen molar-refractivity contribution in [2.45, 2.75) is 76.4 Å². The quantitative estimate of drug-likeness (QED) is 0.627. The Hall–Kier alpha value is -2.12. The summed E-state index contributed by atoms with van der Waals surface area (Å²) in [4.78, 5) is 53.9. The molecule has 0 aromatic rings. The Morgan fingerprint density at radius 1 is 0.815 bits per heavy atom. The highest BCUT2D eigenvalue weighted by molar-refractivity contribution is 5.94. The van der Waals surface area contributed by atoms with E-state index in [9.17, 15) is 19.2 Å². The first-order valence-corrected chi connectivity index (χ1v) is 10.2. The molecule has 3 aliphatic rings. The molecule has 8 nitrogen and oxygen atoms in total. The molecule has 3 heterocycles. The summed E-state index contributed by atoms with van der Waals surface area (Å²) in [7, 11) is 0. The molecule has 0 spiro atoms. The molecule has 27 heavy (non-hydrogen) atoms. The molecule has 150 valence electrons. The third-order valence-corrected chi connectivity index (χ3v) is 5.82. The first kappa shape index (κ1) is 19.6. The molecule has 3 aliphatic heterocycles. The van der Waals surface area contributed by atoms with Crippen molar-refractivity contribution in [2.75, 3.05) is 19.6 Å². The minimum Gasteiger partial charge on any atom is -0.354 e. The number of amides is 4. The number of fused-ring (bicyclic) bond motifs is 2. The number of nitrogens with one attached hydrogen (secondary N) is 2. The normalized spacial score (nSPS) is 31.4. The maximum absolute atomic E-state index is 13.1. The molecule has 3 rings (SSSR count). The summed E-state index contributed by atoms with van der Waals surface area (Å²) in [6.45, 7) is 3.34. The fourth-order valence-corrected chi connectivity index (χ4v) is 4.28. The van der Waals surface area contributed by atoms with E-state index >= 15 is 0 Å². The summed E-state index contributed by atoms with van der Waals surface area (Å²) in [5.41, 5.74) is 0. The highest BCUT2D eigenvalue weighted by Crippen LogP contribution is 2.26. The van der Waals surface area contributed by atoms with Crippen LogP contribution in [0.2, 0.25) is 0 Å². The molecule has 2 N–H and O–H groups in total. The molecule has 3 fully saturated rings. The fourth-order valence-electron chi connectivity index (χ4n) is 4.28. The van der Waals surface area contributed by atoms with Crippen molar-refractivity contribution in [2.24, 2.45) is 0 Å². The molecular formula is C19H30N4O4. The van der Waals surface area contributed by atoms with Gasteiger partial charge in [0.1, 0.15) is 18.1 Å². The summed E-state index contributed by atoms with van der Waals surface area (Å²) >= 11 is 0. The van der Waals surface area contributed by atoms with Gasteiger partial charge in [0.25, 0.3) is 0 Å². The Morgan fingerprint density at radius 2 is 1.52 bits per heavy atom. The maximum atomic E-state index is 13.1. The number of nitrogens with zero attached hydrogens (tertiary/aromatic N) is 2. The van der Waals surface area contributed by atoms with Crippen LogP contribution in [0.4, 0.5) is 0 Å². The van der Waals surface area contributed by atoms with Crippen LogP contribution in [-0.4, -0.2) is 71.2 Å². The molecule has 0 saturated carbocycles. The van der Waals surface area contributed by atoms with E-state index in [0.29, 0.717) is 38.9 Å². The Balaban J connectivity index is 1.78. The fraction of sp³-hybridized carbons (Fsp3) is 0.789. The first-order chi connectivity index (χ1) is 13.0. The summed E-state index contributed by atoms with van der Waals surface area (Å²) in [6.07, 6.45) is 5.64. The van der Waals surface area contributed by atoms with Gasteiger partial charge in [-0.3, -0.25) is 19.2 Å². The summed E-state index contributed by atoms with van der Waals surface area (Å²) in [5.74, 6) is -0.602. The molecule has 3 atom stereocenters. The largest absolute Gasteiger partial charge is 0.354 e. The van der Waals surface area contributed by atoms with Crippen LogP contribution in [0.5, 0.6) is 0 Å². The topological polar surface area (TPSA) is 98.8 Å². The monoisotopic (exact) mass is 378 g/mol. The van der Waals surface area contributed by atoms with Crippen molar-refractivity contribution in [3.63, 3.8) is 0 Å². The van der Waals surface area contributed by atoms with Crippen LogP contribution in [0.25, 0.3) is 0 Å². The molecule has 4 amide bonds. The summed E-state index contributed by atoms with van der Waals surface area (Å²) < 4.78 is 0. The van der Waals surface area contributed by atoms with Crippen molar-refractivity contribution >= 4 is 23.6 Å². The van der Waals surface area contributed by atoms with Crippen LogP contribution in [0.1, 0.15) is 58.3 Å². The van der Waals surface area contributed by atoms with Crippen molar-refractivity contribution in [3.05, 3.63) is 0 Å².